The Morgan fingerprint density at radius 1 is 1.19 bits per heavy atom. The Labute approximate surface area is 155 Å². The first-order chi connectivity index (χ1) is 12.6. The van der Waals surface area contributed by atoms with Gasteiger partial charge in [0.25, 0.3) is 5.91 Å². The van der Waals surface area contributed by atoms with Crippen molar-refractivity contribution in [2.75, 3.05) is 24.3 Å². The molecule has 4 rings (SSSR count). The van der Waals surface area contributed by atoms with E-state index in [1.165, 1.54) is 30.6 Å². The van der Waals surface area contributed by atoms with Crippen LogP contribution in [0.4, 0.5) is 11.8 Å². The number of nitrogen functional groups attached to an aromatic ring is 1. The number of amides is 1. The van der Waals surface area contributed by atoms with E-state index in [0.29, 0.717) is 16.9 Å². The number of aryl methyl sites for hydroxylation is 1. The van der Waals surface area contributed by atoms with Crippen molar-refractivity contribution >= 4 is 39.2 Å². The van der Waals surface area contributed by atoms with Crippen LogP contribution >= 0.6 is 11.3 Å². The maximum Gasteiger partial charge on any atom is 0.259 e. The number of nitrogens with zero attached hydrogens (tertiary/aromatic N) is 3. The van der Waals surface area contributed by atoms with E-state index in [2.05, 4.69) is 20.3 Å². The minimum absolute atomic E-state index is 0.151. The summed E-state index contributed by atoms with van der Waals surface area (Å²) in [6.45, 7) is 3.94. The zero-order valence-electron chi connectivity index (χ0n) is 14.6. The van der Waals surface area contributed by atoms with E-state index in [-0.39, 0.29) is 11.9 Å². The lowest BCUT2D eigenvalue weighted by Crippen LogP contribution is -2.12. The molecular formula is C18H21N5O2S. The molecule has 4 heterocycles. The second-order valence-corrected chi connectivity index (χ2v) is 6.85. The number of hydrogen-bond donors (Lipinski definition) is 2. The Morgan fingerprint density at radius 3 is 2.62 bits per heavy atom. The van der Waals surface area contributed by atoms with Gasteiger partial charge in [-0.25, -0.2) is 15.0 Å². The van der Waals surface area contributed by atoms with Crippen LogP contribution in [-0.2, 0) is 4.74 Å². The Balaban J connectivity index is 0.000000278. The SMILES string of the molecule is C1CCOCC1.Cc1ccc(NC(=O)c2csc3cnc(N)nc23)nc1. The van der Waals surface area contributed by atoms with Crippen LogP contribution in [0.2, 0.25) is 0 Å². The van der Waals surface area contributed by atoms with Gasteiger partial charge in [-0.2, -0.15) is 0 Å². The molecule has 8 heteroatoms. The summed E-state index contributed by atoms with van der Waals surface area (Å²) < 4.78 is 5.89. The molecule has 0 saturated carbocycles. The minimum Gasteiger partial charge on any atom is -0.381 e. The van der Waals surface area contributed by atoms with Gasteiger partial charge in [0.05, 0.1) is 22.0 Å². The molecule has 1 saturated heterocycles. The average Bonchev–Trinajstić information content (AvgIpc) is 3.09. The fourth-order valence-electron chi connectivity index (χ4n) is 2.42. The lowest BCUT2D eigenvalue weighted by Gasteiger charge is -2.08. The van der Waals surface area contributed by atoms with Crippen LogP contribution in [0.15, 0.2) is 29.9 Å². The van der Waals surface area contributed by atoms with Crippen molar-refractivity contribution in [3.8, 4) is 0 Å². The van der Waals surface area contributed by atoms with Crippen LogP contribution in [0.25, 0.3) is 10.2 Å². The highest BCUT2D eigenvalue weighted by Gasteiger charge is 2.14. The number of rotatable bonds is 2. The molecule has 0 spiro atoms. The fraction of sp³-hybridized carbons (Fsp3) is 0.333. The molecule has 3 aromatic heterocycles. The fourth-order valence-corrected chi connectivity index (χ4v) is 3.26. The normalized spacial score (nSPS) is 13.7. The van der Waals surface area contributed by atoms with Crippen LogP contribution in [0.5, 0.6) is 0 Å². The van der Waals surface area contributed by atoms with E-state index in [9.17, 15) is 4.79 Å². The number of aromatic nitrogens is 3. The molecule has 1 aliphatic rings. The minimum atomic E-state index is -0.259. The van der Waals surface area contributed by atoms with Crippen molar-refractivity contribution in [3.63, 3.8) is 0 Å². The molecule has 3 aromatic rings. The second-order valence-electron chi connectivity index (χ2n) is 5.94. The standard InChI is InChI=1S/C13H11N5OS.C5H10O/c1-7-2-3-10(15-4-7)17-12(19)8-6-20-9-5-16-13(14)18-11(8)9;1-2-4-6-5-3-1/h2-6H,1H3,(H2,14,16,18)(H,15,17,19);1-5H2. The lowest BCUT2D eigenvalue weighted by atomic mass is 10.2. The zero-order chi connectivity index (χ0) is 18.4. The first-order valence-electron chi connectivity index (χ1n) is 8.45. The van der Waals surface area contributed by atoms with Crippen LogP contribution in [0, 0.1) is 6.92 Å². The van der Waals surface area contributed by atoms with Gasteiger partial charge >= 0.3 is 0 Å². The molecule has 1 amide bonds. The van der Waals surface area contributed by atoms with E-state index in [4.69, 9.17) is 10.5 Å². The smallest absolute Gasteiger partial charge is 0.259 e. The van der Waals surface area contributed by atoms with Gasteiger partial charge in [0.1, 0.15) is 5.82 Å². The molecule has 0 radical (unpaired) electrons. The summed E-state index contributed by atoms with van der Waals surface area (Å²) in [5.74, 6) is 0.395. The predicted molar refractivity (Wildman–Crippen MR) is 103 cm³/mol. The highest BCUT2D eigenvalue weighted by Crippen LogP contribution is 2.24. The van der Waals surface area contributed by atoms with Crippen LogP contribution in [0.1, 0.15) is 35.2 Å². The molecule has 0 aliphatic carbocycles. The third kappa shape index (κ3) is 4.74. The Hall–Kier alpha value is -2.58. The molecule has 3 N–H and O–H groups in total. The van der Waals surface area contributed by atoms with Gasteiger partial charge < -0.3 is 15.8 Å². The van der Waals surface area contributed by atoms with Crippen molar-refractivity contribution < 1.29 is 9.53 Å². The maximum atomic E-state index is 12.2. The summed E-state index contributed by atoms with van der Waals surface area (Å²) in [6, 6.07) is 3.64. The molecule has 7 nitrogen and oxygen atoms in total. The lowest BCUT2D eigenvalue weighted by molar-refractivity contribution is 0.0968. The molecule has 0 aromatic carbocycles. The highest BCUT2D eigenvalue weighted by atomic mass is 32.1. The number of pyridine rings is 1. The summed E-state index contributed by atoms with van der Waals surface area (Å²) in [5, 5.41) is 4.48. The molecule has 0 unspecified atom stereocenters. The summed E-state index contributed by atoms with van der Waals surface area (Å²) in [4.78, 5) is 24.4. The molecule has 26 heavy (non-hydrogen) atoms. The summed E-state index contributed by atoms with van der Waals surface area (Å²) >= 11 is 1.40. The number of nitrogens with two attached hydrogens (primary N) is 1. The van der Waals surface area contributed by atoms with E-state index < -0.39 is 0 Å². The van der Waals surface area contributed by atoms with Gasteiger partial charge in [-0.3, -0.25) is 4.79 Å². The van der Waals surface area contributed by atoms with Gasteiger partial charge in [-0.05, 0) is 37.8 Å². The quantitative estimate of drug-likeness (QED) is 0.715. The molecule has 0 bridgehead atoms. The van der Waals surface area contributed by atoms with Gasteiger partial charge in [0, 0.05) is 24.8 Å². The van der Waals surface area contributed by atoms with E-state index in [1.807, 2.05) is 13.0 Å². The Bertz CT molecular complexity index is 863. The van der Waals surface area contributed by atoms with Gasteiger partial charge in [0.15, 0.2) is 0 Å². The number of carbonyl (C=O) groups is 1. The molecule has 1 aliphatic heterocycles. The van der Waals surface area contributed by atoms with E-state index in [0.717, 1.165) is 23.5 Å². The maximum absolute atomic E-state index is 12.2. The Kier molecular flexibility index (Phi) is 6.08. The number of ether oxygens (including phenoxy) is 1. The van der Waals surface area contributed by atoms with Crippen LogP contribution in [-0.4, -0.2) is 34.1 Å². The highest BCUT2D eigenvalue weighted by molar-refractivity contribution is 7.17. The molecule has 1 fully saturated rings. The van der Waals surface area contributed by atoms with Crippen molar-refractivity contribution in [1.29, 1.82) is 0 Å². The zero-order valence-corrected chi connectivity index (χ0v) is 15.4. The number of nitrogens with one attached hydrogen (secondary N) is 1. The van der Waals surface area contributed by atoms with E-state index in [1.54, 1.807) is 23.8 Å². The third-order valence-corrected chi connectivity index (χ3v) is 4.71. The predicted octanol–water partition coefficient (Wildman–Crippen LogP) is 3.42. The largest absolute Gasteiger partial charge is 0.381 e. The average molecular weight is 371 g/mol. The second kappa shape index (κ2) is 8.68. The first-order valence-corrected chi connectivity index (χ1v) is 9.33. The topological polar surface area (TPSA) is 103 Å². The number of carbonyl (C=O) groups excluding carboxylic acids is 1. The van der Waals surface area contributed by atoms with Crippen LogP contribution < -0.4 is 11.1 Å². The monoisotopic (exact) mass is 371 g/mol. The third-order valence-electron chi connectivity index (χ3n) is 3.81. The molecular weight excluding hydrogens is 350 g/mol. The summed E-state index contributed by atoms with van der Waals surface area (Å²) in [6.07, 6.45) is 7.24. The molecule has 136 valence electrons. The van der Waals surface area contributed by atoms with Crippen molar-refractivity contribution in [2.24, 2.45) is 0 Å². The van der Waals surface area contributed by atoms with Gasteiger partial charge in [0.2, 0.25) is 5.95 Å². The van der Waals surface area contributed by atoms with E-state index >= 15 is 0 Å². The van der Waals surface area contributed by atoms with Crippen molar-refractivity contribution in [3.05, 3.63) is 41.0 Å². The summed E-state index contributed by atoms with van der Waals surface area (Å²) in [5.41, 5.74) is 7.63. The number of thiophene rings is 1. The van der Waals surface area contributed by atoms with Gasteiger partial charge in [-0.15, -0.1) is 11.3 Å². The van der Waals surface area contributed by atoms with Gasteiger partial charge in [-0.1, -0.05) is 6.07 Å². The van der Waals surface area contributed by atoms with Crippen LogP contribution in [0.3, 0.4) is 0 Å². The summed E-state index contributed by atoms with van der Waals surface area (Å²) in [7, 11) is 0. The number of fused-ring (bicyclic) bond motifs is 1. The number of hydrogen-bond acceptors (Lipinski definition) is 7. The van der Waals surface area contributed by atoms with Crippen molar-refractivity contribution in [2.45, 2.75) is 26.2 Å². The first kappa shape index (κ1) is 18.2. The molecule has 0 atom stereocenters. The number of anilines is 2. The Morgan fingerprint density at radius 2 is 2.00 bits per heavy atom. The van der Waals surface area contributed by atoms with Crippen molar-refractivity contribution in [1.82, 2.24) is 15.0 Å².